The average molecular weight is 336 g/mol. The van der Waals surface area contributed by atoms with Crippen LogP contribution in [0.1, 0.15) is 0 Å². The van der Waals surface area contributed by atoms with Gasteiger partial charge in [-0.1, -0.05) is 17.7 Å². The Labute approximate surface area is 124 Å². The van der Waals surface area contributed by atoms with Gasteiger partial charge in [0.1, 0.15) is 10.8 Å². The molecule has 0 spiro atoms. The number of nitrogens with one attached hydrogen (secondary N) is 1. The lowest BCUT2D eigenvalue weighted by Crippen LogP contribution is -2.06. The van der Waals surface area contributed by atoms with Crippen LogP contribution in [0, 0.1) is 5.82 Å². The van der Waals surface area contributed by atoms with Crippen LogP contribution in [0.25, 0.3) is 0 Å². The van der Waals surface area contributed by atoms with Crippen molar-refractivity contribution < 1.29 is 12.8 Å². The monoisotopic (exact) mass is 335 g/mol. The number of para-hydroxylation sites is 1. The first-order chi connectivity index (χ1) is 9.29. The van der Waals surface area contributed by atoms with E-state index in [1.165, 1.54) is 18.3 Å². The van der Waals surface area contributed by atoms with Crippen LogP contribution in [0.5, 0.6) is 0 Å². The molecule has 0 aliphatic rings. The second-order valence-electron chi connectivity index (χ2n) is 3.85. The second-order valence-corrected chi connectivity index (χ2v) is 6.58. The molecule has 0 aliphatic carbocycles. The van der Waals surface area contributed by atoms with E-state index in [0.717, 1.165) is 12.3 Å². The fourth-order valence-electron chi connectivity index (χ4n) is 1.49. The number of hydrogen-bond donors (Lipinski definition) is 1. The van der Waals surface area contributed by atoms with E-state index in [9.17, 15) is 12.8 Å². The smallest absolute Gasteiger partial charge is 0.224 e. The highest BCUT2D eigenvalue weighted by Gasteiger charge is 2.18. The van der Waals surface area contributed by atoms with E-state index in [2.05, 4.69) is 15.3 Å². The van der Waals surface area contributed by atoms with Gasteiger partial charge in [0.15, 0.2) is 15.7 Å². The Kier molecular flexibility index (Phi) is 4.12. The van der Waals surface area contributed by atoms with E-state index >= 15 is 0 Å². The number of nitrogens with zero attached hydrogens (tertiary/aromatic N) is 2. The van der Waals surface area contributed by atoms with E-state index in [0.29, 0.717) is 0 Å². The first kappa shape index (κ1) is 15.0. The molecule has 2 rings (SSSR count). The molecule has 0 saturated heterocycles. The van der Waals surface area contributed by atoms with E-state index in [4.69, 9.17) is 23.2 Å². The topological polar surface area (TPSA) is 72.0 Å². The van der Waals surface area contributed by atoms with Crippen LogP contribution >= 0.6 is 23.2 Å². The summed E-state index contributed by atoms with van der Waals surface area (Å²) in [6.45, 7) is 0. The van der Waals surface area contributed by atoms with Gasteiger partial charge in [0.2, 0.25) is 5.28 Å². The lowest BCUT2D eigenvalue weighted by Gasteiger charge is -2.12. The van der Waals surface area contributed by atoms with Crippen LogP contribution in [-0.4, -0.2) is 24.6 Å². The zero-order chi connectivity index (χ0) is 14.9. The Morgan fingerprint density at radius 3 is 2.65 bits per heavy atom. The third-order valence-electron chi connectivity index (χ3n) is 2.33. The van der Waals surface area contributed by atoms with Crippen molar-refractivity contribution in [1.82, 2.24) is 9.97 Å². The Morgan fingerprint density at radius 1 is 1.30 bits per heavy atom. The molecule has 0 radical (unpaired) electrons. The summed E-state index contributed by atoms with van der Waals surface area (Å²) < 4.78 is 37.2. The summed E-state index contributed by atoms with van der Waals surface area (Å²) in [6, 6.07) is 3.69. The number of sulfone groups is 1. The Hall–Kier alpha value is -1.44. The summed E-state index contributed by atoms with van der Waals surface area (Å²) >= 11 is 11.5. The van der Waals surface area contributed by atoms with Gasteiger partial charge in [-0.05, 0) is 23.7 Å². The van der Waals surface area contributed by atoms with Crippen LogP contribution < -0.4 is 5.32 Å². The van der Waals surface area contributed by atoms with Crippen molar-refractivity contribution >= 4 is 44.5 Å². The maximum Gasteiger partial charge on any atom is 0.224 e. The molecule has 0 atom stereocenters. The van der Waals surface area contributed by atoms with Gasteiger partial charge in [0, 0.05) is 6.26 Å². The molecular weight excluding hydrogens is 328 g/mol. The Balaban J connectivity index is 2.57. The third kappa shape index (κ3) is 3.17. The molecule has 2 aromatic rings. The lowest BCUT2D eigenvalue weighted by molar-refractivity contribution is 0.597. The maximum absolute atomic E-state index is 13.9. The largest absolute Gasteiger partial charge is 0.335 e. The molecule has 0 unspecified atom stereocenters. The van der Waals surface area contributed by atoms with Crippen molar-refractivity contribution in [2.24, 2.45) is 0 Å². The van der Waals surface area contributed by atoms with E-state index in [1.807, 2.05) is 0 Å². The minimum Gasteiger partial charge on any atom is -0.335 e. The van der Waals surface area contributed by atoms with Gasteiger partial charge in [0.25, 0.3) is 0 Å². The minimum atomic E-state index is -3.62. The lowest BCUT2D eigenvalue weighted by atomic mass is 10.3. The second kappa shape index (κ2) is 5.51. The summed E-state index contributed by atoms with van der Waals surface area (Å²) in [5, 5.41) is 2.51. The first-order valence-corrected chi connectivity index (χ1v) is 7.87. The highest BCUT2D eigenvalue weighted by atomic mass is 35.5. The molecule has 0 aliphatic heterocycles. The van der Waals surface area contributed by atoms with E-state index < -0.39 is 15.7 Å². The van der Waals surface area contributed by atoms with Crippen LogP contribution in [0.15, 0.2) is 29.3 Å². The SMILES string of the molecule is CS(=O)(=O)c1cccc(F)c1Nc1nc(Cl)ncc1Cl. The molecule has 1 aromatic carbocycles. The molecular formula is C11H8Cl2FN3O2S. The van der Waals surface area contributed by atoms with Crippen molar-refractivity contribution in [2.75, 3.05) is 11.6 Å². The van der Waals surface area contributed by atoms with Crippen molar-refractivity contribution in [3.8, 4) is 0 Å². The van der Waals surface area contributed by atoms with Crippen LogP contribution in [0.3, 0.4) is 0 Å². The van der Waals surface area contributed by atoms with Gasteiger partial charge >= 0.3 is 0 Å². The maximum atomic E-state index is 13.9. The molecule has 1 N–H and O–H groups in total. The highest BCUT2D eigenvalue weighted by Crippen LogP contribution is 2.30. The van der Waals surface area contributed by atoms with Crippen molar-refractivity contribution in [3.63, 3.8) is 0 Å². The zero-order valence-corrected chi connectivity index (χ0v) is 12.4. The highest BCUT2D eigenvalue weighted by molar-refractivity contribution is 7.90. The van der Waals surface area contributed by atoms with E-state index in [-0.39, 0.29) is 26.7 Å². The Bertz CT molecular complexity index is 768. The van der Waals surface area contributed by atoms with Gasteiger partial charge in [0.05, 0.1) is 16.8 Å². The average Bonchev–Trinajstić information content (AvgIpc) is 2.35. The zero-order valence-electron chi connectivity index (χ0n) is 10.1. The molecule has 0 fully saturated rings. The number of hydrogen-bond acceptors (Lipinski definition) is 5. The van der Waals surface area contributed by atoms with Crippen molar-refractivity contribution in [1.29, 1.82) is 0 Å². The summed E-state index contributed by atoms with van der Waals surface area (Å²) in [6.07, 6.45) is 2.20. The summed E-state index contributed by atoms with van der Waals surface area (Å²) in [7, 11) is -3.62. The molecule has 106 valence electrons. The van der Waals surface area contributed by atoms with Crippen LogP contribution in [-0.2, 0) is 9.84 Å². The van der Waals surface area contributed by atoms with Gasteiger partial charge in [-0.15, -0.1) is 0 Å². The van der Waals surface area contributed by atoms with Gasteiger partial charge < -0.3 is 5.32 Å². The standard InChI is InChI=1S/C11H8Cl2FN3O2S/c1-20(18,19)8-4-2-3-7(14)9(8)16-10-6(12)5-15-11(13)17-10/h2-5H,1H3,(H,15,16,17). The predicted octanol–water partition coefficient (Wildman–Crippen LogP) is 3.07. The molecule has 1 aromatic heterocycles. The minimum absolute atomic E-state index is 0.0154. The number of rotatable bonds is 3. The quantitative estimate of drug-likeness (QED) is 0.872. The fraction of sp³-hybridized carbons (Fsp3) is 0.0909. The summed E-state index contributed by atoms with van der Waals surface area (Å²) in [5.41, 5.74) is -0.244. The number of aromatic nitrogens is 2. The fourth-order valence-corrected chi connectivity index (χ4v) is 2.60. The predicted molar refractivity (Wildman–Crippen MR) is 74.8 cm³/mol. The molecule has 20 heavy (non-hydrogen) atoms. The van der Waals surface area contributed by atoms with Crippen molar-refractivity contribution in [2.45, 2.75) is 4.90 Å². The van der Waals surface area contributed by atoms with Gasteiger partial charge in [-0.25, -0.2) is 17.8 Å². The van der Waals surface area contributed by atoms with E-state index in [1.54, 1.807) is 0 Å². The normalized spacial score (nSPS) is 11.4. The molecule has 0 bridgehead atoms. The number of anilines is 2. The molecule has 5 nitrogen and oxygen atoms in total. The molecule has 0 saturated carbocycles. The number of benzene rings is 1. The van der Waals surface area contributed by atoms with Crippen molar-refractivity contribution in [3.05, 3.63) is 40.5 Å². The summed E-state index contributed by atoms with van der Waals surface area (Å²) in [4.78, 5) is 7.22. The molecule has 9 heteroatoms. The molecule has 0 amide bonds. The van der Waals surface area contributed by atoms with Gasteiger partial charge in [-0.3, -0.25) is 0 Å². The van der Waals surface area contributed by atoms with Crippen LogP contribution in [0.2, 0.25) is 10.3 Å². The third-order valence-corrected chi connectivity index (χ3v) is 3.93. The summed E-state index contributed by atoms with van der Waals surface area (Å²) in [5.74, 6) is -0.736. The first-order valence-electron chi connectivity index (χ1n) is 5.22. The van der Waals surface area contributed by atoms with Gasteiger partial charge in [-0.2, -0.15) is 4.98 Å². The van der Waals surface area contributed by atoms with Crippen LogP contribution in [0.4, 0.5) is 15.9 Å². The number of halogens is 3. The molecule has 1 heterocycles. The Morgan fingerprint density at radius 2 is 2.00 bits per heavy atom.